The van der Waals surface area contributed by atoms with E-state index in [1.807, 2.05) is 61.5 Å². The van der Waals surface area contributed by atoms with Crippen molar-refractivity contribution in [1.82, 2.24) is 4.90 Å². The predicted octanol–water partition coefficient (Wildman–Crippen LogP) is 0.346. The summed E-state index contributed by atoms with van der Waals surface area (Å²) < 4.78 is 10.9. The van der Waals surface area contributed by atoms with Crippen LogP contribution in [0.2, 0.25) is 0 Å². The summed E-state index contributed by atoms with van der Waals surface area (Å²) in [7, 11) is 0. The Morgan fingerprint density at radius 3 is 2.32 bits per heavy atom. The fourth-order valence-electron chi connectivity index (χ4n) is 3.04. The lowest BCUT2D eigenvalue weighted by Gasteiger charge is -2.33. The Balaban J connectivity index is 0.00000225. The zero-order chi connectivity index (χ0) is 16.8. The third-order valence-corrected chi connectivity index (χ3v) is 4.22. The molecule has 134 valence electrons. The molecule has 0 bridgehead atoms. The number of ether oxygens (including phenoxy) is 2. The number of hydrogen-bond acceptors (Lipinski definition) is 4. The Morgan fingerprint density at radius 1 is 1.08 bits per heavy atom. The highest BCUT2D eigenvalue weighted by molar-refractivity contribution is 6.00. The van der Waals surface area contributed by atoms with E-state index in [0.717, 1.165) is 24.4 Å². The Hall–Kier alpha value is -1.88. The first-order valence-corrected chi connectivity index (χ1v) is 8.43. The van der Waals surface area contributed by atoms with Crippen molar-refractivity contribution in [3.8, 4) is 5.75 Å². The van der Waals surface area contributed by atoms with E-state index in [1.165, 1.54) is 0 Å². The molecule has 0 N–H and O–H groups in total. The molecule has 2 aromatic rings. The SMILES string of the molecule is CCOc1ccc(C(=O)C(c2ccccc2)N2CCOCC2)cc1.[Cl-]. The van der Waals surface area contributed by atoms with Gasteiger partial charge in [0.05, 0.1) is 25.9 Å². The zero-order valence-electron chi connectivity index (χ0n) is 14.4. The minimum atomic E-state index is -0.270. The molecule has 4 nitrogen and oxygen atoms in total. The molecule has 1 aliphatic heterocycles. The molecule has 1 unspecified atom stereocenters. The van der Waals surface area contributed by atoms with Crippen LogP contribution in [0.15, 0.2) is 54.6 Å². The van der Waals surface area contributed by atoms with Crippen LogP contribution >= 0.6 is 0 Å². The third kappa shape index (κ3) is 4.82. The van der Waals surface area contributed by atoms with Crippen molar-refractivity contribution in [3.05, 3.63) is 65.7 Å². The van der Waals surface area contributed by atoms with Crippen molar-refractivity contribution < 1.29 is 26.7 Å². The number of benzene rings is 2. The smallest absolute Gasteiger partial charge is 0.184 e. The van der Waals surface area contributed by atoms with Crippen LogP contribution < -0.4 is 17.1 Å². The van der Waals surface area contributed by atoms with Crippen molar-refractivity contribution >= 4 is 5.78 Å². The van der Waals surface area contributed by atoms with Crippen LogP contribution in [0.25, 0.3) is 0 Å². The van der Waals surface area contributed by atoms with Gasteiger partial charge in [-0.15, -0.1) is 0 Å². The maximum atomic E-state index is 13.2. The number of halogens is 1. The highest BCUT2D eigenvalue weighted by Gasteiger charge is 2.29. The van der Waals surface area contributed by atoms with Gasteiger partial charge in [-0.3, -0.25) is 9.69 Å². The van der Waals surface area contributed by atoms with Gasteiger partial charge >= 0.3 is 0 Å². The van der Waals surface area contributed by atoms with Crippen LogP contribution in [0.4, 0.5) is 0 Å². The van der Waals surface area contributed by atoms with E-state index < -0.39 is 0 Å². The summed E-state index contributed by atoms with van der Waals surface area (Å²) in [6.45, 7) is 5.43. The van der Waals surface area contributed by atoms with E-state index in [-0.39, 0.29) is 24.2 Å². The van der Waals surface area contributed by atoms with Gasteiger partial charge < -0.3 is 21.9 Å². The van der Waals surface area contributed by atoms with Gasteiger partial charge in [-0.1, -0.05) is 30.3 Å². The molecule has 1 heterocycles. The second kappa shape index (κ2) is 9.56. The van der Waals surface area contributed by atoms with Gasteiger partial charge in [0.25, 0.3) is 0 Å². The first kappa shape index (κ1) is 19.4. The van der Waals surface area contributed by atoms with Gasteiger partial charge in [0, 0.05) is 18.7 Å². The third-order valence-electron chi connectivity index (χ3n) is 4.22. The Bertz CT molecular complexity index is 654. The van der Waals surface area contributed by atoms with Crippen LogP contribution in [0.1, 0.15) is 28.9 Å². The van der Waals surface area contributed by atoms with Crippen molar-refractivity contribution in [2.75, 3.05) is 32.9 Å². The molecule has 3 rings (SSSR count). The van der Waals surface area contributed by atoms with Crippen LogP contribution in [0.3, 0.4) is 0 Å². The quantitative estimate of drug-likeness (QED) is 0.697. The topological polar surface area (TPSA) is 38.8 Å². The monoisotopic (exact) mass is 360 g/mol. The summed E-state index contributed by atoms with van der Waals surface area (Å²) in [5.41, 5.74) is 1.73. The fourth-order valence-corrected chi connectivity index (χ4v) is 3.04. The molecule has 0 spiro atoms. The highest BCUT2D eigenvalue weighted by atomic mass is 35.5. The van der Waals surface area contributed by atoms with Crippen LogP contribution in [0.5, 0.6) is 5.75 Å². The average Bonchev–Trinajstić information content (AvgIpc) is 2.64. The molecule has 1 saturated heterocycles. The maximum Gasteiger partial charge on any atom is 0.184 e. The van der Waals surface area contributed by atoms with E-state index in [9.17, 15) is 4.79 Å². The van der Waals surface area contributed by atoms with Gasteiger partial charge in [0.2, 0.25) is 0 Å². The number of rotatable bonds is 6. The molecule has 0 aromatic heterocycles. The van der Waals surface area contributed by atoms with E-state index in [1.54, 1.807) is 0 Å². The van der Waals surface area contributed by atoms with E-state index in [2.05, 4.69) is 4.90 Å². The molecule has 1 fully saturated rings. The van der Waals surface area contributed by atoms with Gasteiger partial charge in [0.15, 0.2) is 5.78 Å². The standard InChI is InChI=1S/C20H23NO3.ClH/c1-2-24-18-10-8-17(9-11-18)20(22)19(16-6-4-3-5-7-16)21-12-14-23-15-13-21;/h3-11,19H,2,12-15H2,1H3;1H/p-1. The number of nitrogens with zero attached hydrogens (tertiary/aromatic N) is 1. The summed E-state index contributed by atoms with van der Waals surface area (Å²) in [4.78, 5) is 15.4. The first-order valence-electron chi connectivity index (χ1n) is 8.43. The minimum absolute atomic E-state index is 0. The molecule has 2 aromatic carbocycles. The molecule has 0 amide bonds. The Kier molecular flexibility index (Phi) is 7.44. The summed E-state index contributed by atoms with van der Waals surface area (Å²) in [5.74, 6) is 0.905. The molecule has 0 saturated carbocycles. The Morgan fingerprint density at radius 2 is 1.72 bits per heavy atom. The normalized spacial score (nSPS) is 15.9. The lowest BCUT2D eigenvalue weighted by atomic mass is 9.95. The summed E-state index contributed by atoms with van der Waals surface area (Å²) in [6.07, 6.45) is 0. The molecule has 5 heteroatoms. The van der Waals surface area contributed by atoms with Crippen LogP contribution in [0, 0.1) is 0 Å². The number of ketones is 1. The lowest BCUT2D eigenvalue weighted by molar-refractivity contribution is -0.0000262. The lowest BCUT2D eigenvalue weighted by Crippen LogP contribution is -3.00. The molecule has 0 radical (unpaired) electrons. The summed E-state index contributed by atoms with van der Waals surface area (Å²) in [5, 5.41) is 0. The number of carbonyl (C=O) groups excluding carboxylic acids is 1. The van der Waals surface area contributed by atoms with Gasteiger partial charge in [-0.05, 0) is 36.8 Å². The van der Waals surface area contributed by atoms with E-state index in [0.29, 0.717) is 25.4 Å². The summed E-state index contributed by atoms with van der Waals surface area (Å²) >= 11 is 0. The van der Waals surface area contributed by atoms with Crippen LogP contribution in [-0.4, -0.2) is 43.6 Å². The number of carbonyl (C=O) groups is 1. The van der Waals surface area contributed by atoms with E-state index >= 15 is 0 Å². The van der Waals surface area contributed by atoms with Crippen molar-refractivity contribution in [1.29, 1.82) is 0 Å². The molecule has 1 atom stereocenters. The van der Waals surface area contributed by atoms with Crippen molar-refractivity contribution in [2.45, 2.75) is 13.0 Å². The zero-order valence-corrected chi connectivity index (χ0v) is 15.1. The van der Waals surface area contributed by atoms with Crippen LogP contribution in [-0.2, 0) is 4.74 Å². The largest absolute Gasteiger partial charge is 1.00 e. The van der Waals surface area contributed by atoms with Crippen molar-refractivity contribution in [2.24, 2.45) is 0 Å². The molecular weight excluding hydrogens is 338 g/mol. The molecular formula is C20H23ClNO3-. The highest BCUT2D eigenvalue weighted by Crippen LogP contribution is 2.27. The van der Waals surface area contributed by atoms with Crippen molar-refractivity contribution in [3.63, 3.8) is 0 Å². The second-order valence-corrected chi connectivity index (χ2v) is 5.78. The number of Topliss-reactive ketones (excluding diaryl/α,β-unsaturated/α-hetero) is 1. The Labute approximate surface area is 155 Å². The van der Waals surface area contributed by atoms with Gasteiger partial charge in [-0.2, -0.15) is 0 Å². The first-order chi connectivity index (χ1) is 11.8. The van der Waals surface area contributed by atoms with E-state index in [4.69, 9.17) is 9.47 Å². The number of hydrogen-bond donors (Lipinski definition) is 0. The predicted molar refractivity (Wildman–Crippen MR) is 93.5 cm³/mol. The molecule has 0 aliphatic carbocycles. The summed E-state index contributed by atoms with van der Waals surface area (Å²) in [6, 6.07) is 17.1. The maximum absolute atomic E-state index is 13.2. The average molecular weight is 361 g/mol. The molecule has 1 aliphatic rings. The van der Waals surface area contributed by atoms with Gasteiger partial charge in [0.1, 0.15) is 5.75 Å². The minimum Gasteiger partial charge on any atom is -1.00 e. The molecule has 25 heavy (non-hydrogen) atoms. The second-order valence-electron chi connectivity index (χ2n) is 5.78. The van der Waals surface area contributed by atoms with Gasteiger partial charge in [-0.25, -0.2) is 0 Å². The fraction of sp³-hybridized carbons (Fsp3) is 0.350. The number of morpholine rings is 1.